The number of rotatable bonds is 5. The van der Waals surface area contributed by atoms with Crippen LogP contribution in [0.2, 0.25) is 0 Å². The van der Waals surface area contributed by atoms with Crippen molar-refractivity contribution in [1.82, 2.24) is 9.97 Å². The van der Waals surface area contributed by atoms with Crippen LogP contribution in [0.15, 0.2) is 12.4 Å². The Kier molecular flexibility index (Phi) is 5.09. The van der Waals surface area contributed by atoms with Gasteiger partial charge in [-0.1, -0.05) is 6.92 Å². The molecular weight excluding hydrogens is 296 g/mol. The first-order valence-electron chi connectivity index (χ1n) is 6.61. The first-order valence-corrected chi connectivity index (χ1v) is 9.72. The maximum atomic E-state index is 11.9. The Morgan fingerprint density at radius 3 is 3.00 bits per heavy atom. The van der Waals surface area contributed by atoms with E-state index in [0.717, 1.165) is 18.7 Å². The van der Waals surface area contributed by atoms with E-state index in [4.69, 9.17) is 0 Å². The zero-order valence-corrected chi connectivity index (χ0v) is 13.4. The summed E-state index contributed by atoms with van der Waals surface area (Å²) in [5.74, 6) is 2.80. The Labute approximate surface area is 124 Å². The predicted octanol–water partition coefficient (Wildman–Crippen LogP) is 1.22. The van der Waals surface area contributed by atoms with E-state index in [1.54, 1.807) is 24.2 Å². The van der Waals surface area contributed by atoms with Crippen LogP contribution in [0.1, 0.15) is 13.3 Å². The van der Waals surface area contributed by atoms with Crippen molar-refractivity contribution >= 4 is 33.2 Å². The lowest BCUT2D eigenvalue weighted by atomic mass is 10.4. The second-order valence-corrected chi connectivity index (χ2v) is 8.09. The van der Waals surface area contributed by atoms with Crippen molar-refractivity contribution in [1.29, 1.82) is 0 Å². The molecule has 0 radical (unpaired) electrons. The number of anilines is 2. The van der Waals surface area contributed by atoms with E-state index < -0.39 is 15.2 Å². The van der Waals surface area contributed by atoms with Crippen molar-refractivity contribution < 1.29 is 8.42 Å². The summed E-state index contributed by atoms with van der Waals surface area (Å²) in [6, 6.07) is 0. The van der Waals surface area contributed by atoms with Crippen molar-refractivity contribution in [2.24, 2.45) is 0 Å². The number of nitrogens with one attached hydrogen (secondary N) is 1. The molecule has 0 saturated carbocycles. The van der Waals surface area contributed by atoms with Gasteiger partial charge in [-0.3, -0.25) is 4.98 Å². The number of hydrogen-bond acceptors (Lipinski definition) is 7. The fourth-order valence-corrected chi connectivity index (χ4v) is 4.86. The van der Waals surface area contributed by atoms with Gasteiger partial charge in [-0.2, -0.15) is 11.8 Å². The van der Waals surface area contributed by atoms with Crippen LogP contribution >= 0.6 is 11.8 Å². The third kappa shape index (κ3) is 3.76. The van der Waals surface area contributed by atoms with Gasteiger partial charge in [0.1, 0.15) is 11.2 Å². The molecule has 1 aliphatic heterocycles. The molecule has 20 heavy (non-hydrogen) atoms. The van der Waals surface area contributed by atoms with Crippen molar-refractivity contribution in [2.75, 3.05) is 41.1 Å². The van der Waals surface area contributed by atoms with Gasteiger partial charge in [0.15, 0.2) is 15.7 Å². The molecule has 0 bridgehead atoms. The fourth-order valence-electron chi connectivity index (χ4n) is 2.03. The van der Waals surface area contributed by atoms with E-state index in [2.05, 4.69) is 22.2 Å². The molecule has 2 heterocycles. The van der Waals surface area contributed by atoms with E-state index in [1.165, 1.54) is 6.26 Å². The zero-order chi connectivity index (χ0) is 14.6. The Bertz CT molecular complexity index is 550. The van der Waals surface area contributed by atoms with Gasteiger partial charge in [-0.25, -0.2) is 13.4 Å². The van der Waals surface area contributed by atoms with Crippen molar-refractivity contribution in [3.63, 3.8) is 0 Å². The summed E-state index contributed by atoms with van der Waals surface area (Å²) < 4.78 is 23.8. The quantitative estimate of drug-likeness (QED) is 0.875. The van der Waals surface area contributed by atoms with Gasteiger partial charge in [0.25, 0.3) is 0 Å². The number of aromatic nitrogens is 2. The molecule has 2 rings (SSSR count). The van der Waals surface area contributed by atoms with Crippen molar-refractivity contribution in [2.45, 2.75) is 18.7 Å². The Balaban J connectivity index is 2.24. The van der Waals surface area contributed by atoms with E-state index in [9.17, 15) is 8.42 Å². The summed E-state index contributed by atoms with van der Waals surface area (Å²) in [7, 11) is -3.14. The highest BCUT2D eigenvalue weighted by Gasteiger charge is 2.32. The van der Waals surface area contributed by atoms with E-state index >= 15 is 0 Å². The fraction of sp³-hybridized carbons (Fsp3) is 0.667. The third-order valence-corrected chi connectivity index (χ3v) is 5.69. The van der Waals surface area contributed by atoms with E-state index in [1.807, 2.05) is 4.90 Å². The molecule has 8 heteroatoms. The molecule has 0 spiro atoms. The van der Waals surface area contributed by atoms with Crippen molar-refractivity contribution in [3.05, 3.63) is 12.4 Å². The number of sulfone groups is 1. The van der Waals surface area contributed by atoms with Gasteiger partial charge >= 0.3 is 0 Å². The minimum atomic E-state index is -3.14. The molecule has 112 valence electrons. The van der Waals surface area contributed by atoms with Crippen LogP contribution in [0.3, 0.4) is 0 Å². The third-order valence-electron chi connectivity index (χ3n) is 3.05. The lowest BCUT2D eigenvalue weighted by Gasteiger charge is -2.34. The Morgan fingerprint density at radius 1 is 1.50 bits per heavy atom. The maximum Gasteiger partial charge on any atom is 0.169 e. The van der Waals surface area contributed by atoms with Gasteiger partial charge in [0.2, 0.25) is 0 Å². The second-order valence-electron chi connectivity index (χ2n) is 4.74. The minimum Gasteiger partial charge on any atom is -0.369 e. The minimum absolute atomic E-state index is 0.517. The zero-order valence-electron chi connectivity index (χ0n) is 11.7. The van der Waals surface area contributed by atoms with E-state index in [0.29, 0.717) is 23.9 Å². The molecule has 1 aromatic rings. The average Bonchev–Trinajstić information content (AvgIpc) is 2.44. The van der Waals surface area contributed by atoms with Crippen LogP contribution in [0, 0.1) is 0 Å². The van der Waals surface area contributed by atoms with Gasteiger partial charge in [-0.15, -0.1) is 0 Å². The number of thioether (sulfide) groups is 1. The summed E-state index contributed by atoms with van der Waals surface area (Å²) in [5, 5.41) is 2.66. The summed E-state index contributed by atoms with van der Waals surface area (Å²) in [6.07, 6.45) is 5.57. The molecule has 1 aliphatic rings. The highest BCUT2D eigenvalue weighted by molar-refractivity contribution is 8.01. The Hall–Kier alpha value is -1.02. The SMILES string of the molecule is CCCNc1cncc(N2CCSCC2S(C)(=O)=O)n1. The molecule has 1 aromatic heterocycles. The second kappa shape index (κ2) is 6.62. The largest absolute Gasteiger partial charge is 0.369 e. The molecule has 0 aliphatic carbocycles. The van der Waals surface area contributed by atoms with Crippen LogP contribution in [0.5, 0.6) is 0 Å². The van der Waals surface area contributed by atoms with Crippen LogP contribution in [-0.2, 0) is 9.84 Å². The molecular formula is C12H20N4O2S2. The number of hydrogen-bond donors (Lipinski definition) is 1. The number of nitrogens with zero attached hydrogens (tertiary/aromatic N) is 3. The smallest absolute Gasteiger partial charge is 0.169 e. The molecule has 1 unspecified atom stereocenters. The molecule has 1 saturated heterocycles. The summed E-state index contributed by atoms with van der Waals surface area (Å²) in [6.45, 7) is 3.57. The van der Waals surface area contributed by atoms with Crippen LogP contribution in [-0.4, -0.2) is 54.6 Å². The average molecular weight is 316 g/mol. The lowest BCUT2D eigenvalue weighted by Crippen LogP contribution is -2.47. The van der Waals surface area contributed by atoms with Crippen LogP contribution < -0.4 is 10.2 Å². The van der Waals surface area contributed by atoms with Gasteiger partial charge < -0.3 is 10.2 Å². The normalized spacial score (nSPS) is 19.9. The standard InChI is InChI=1S/C12H20N4O2S2/c1-3-4-14-10-7-13-8-11(15-10)16-5-6-19-9-12(16)20(2,17)18/h7-8,12H,3-6,9H2,1-2H3,(H,14,15). The first-order chi connectivity index (χ1) is 9.52. The lowest BCUT2D eigenvalue weighted by molar-refractivity contribution is 0.583. The Morgan fingerprint density at radius 2 is 2.30 bits per heavy atom. The summed E-state index contributed by atoms with van der Waals surface area (Å²) in [4.78, 5) is 10.5. The highest BCUT2D eigenvalue weighted by atomic mass is 32.2. The van der Waals surface area contributed by atoms with Crippen LogP contribution in [0.4, 0.5) is 11.6 Å². The predicted molar refractivity (Wildman–Crippen MR) is 84.1 cm³/mol. The van der Waals surface area contributed by atoms with Crippen molar-refractivity contribution in [3.8, 4) is 0 Å². The van der Waals surface area contributed by atoms with Gasteiger partial charge in [-0.05, 0) is 6.42 Å². The van der Waals surface area contributed by atoms with Crippen LogP contribution in [0.25, 0.3) is 0 Å². The molecule has 1 atom stereocenters. The molecule has 0 aromatic carbocycles. The molecule has 1 N–H and O–H groups in total. The molecule has 1 fully saturated rings. The summed E-state index contributed by atoms with van der Waals surface area (Å²) >= 11 is 1.66. The molecule has 6 nitrogen and oxygen atoms in total. The monoisotopic (exact) mass is 316 g/mol. The first kappa shape index (κ1) is 15.4. The summed E-state index contributed by atoms with van der Waals surface area (Å²) in [5.41, 5.74) is 0. The maximum absolute atomic E-state index is 11.9. The van der Waals surface area contributed by atoms with E-state index in [-0.39, 0.29) is 0 Å². The highest BCUT2D eigenvalue weighted by Crippen LogP contribution is 2.25. The molecule has 0 amide bonds. The van der Waals surface area contributed by atoms with Gasteiger partial charge in [0, 0.05) is 30.9 Å². The topological polar surface area (TPSA) is 75.2 Å². The van der Waals surface area contributed by atoms with Gasteiger partial charge in [0.05, 0.1) is 12.4 Å².